The third-order valence-electron chi connectivity index (χ3n) is 0. The van der Waals surface area contributed by atoms with E-state index in [1.54, 1.807) is 0 Å². The van der Waals surface area contributed by atoms with Crippen molar-refractivity contribution in [2.45, 2.75) is 0 Å². The summed E-state index contributed by atoms with van der Waals surface area (Å²) in [7, 11) is -4.64. The van der Waals surface area contributed by atoms with Crippen LogP contribution in [0.2, 0.25) is 0 Å². The third-order valence-corrected chi connectivity index (χ3v) is 0. The van der Waals surface area contributed by atoms with Crippen molar-refractivity contribution in [3.8, 4) is 0 Å². The van der Waals surface area contributed by atoms with E-state index in [4.69, 9.17) is 19.2 Å². The van der Waals surface area contributed by atoms with Crippen molar-refractivity contribution in [3.63, 3.8) is 0 Å². The maximum absolute atomic E-state index is 8.88. The van der Waals surface area contributed by atoms with Crippen LogP contribution in [0, 0.1) is 0 Å². The van der Waals surface area contributed by atoms with Gasteiger partial charge in [0.05, 0.1) is 0 Å². The van der Waals surface area contributed by atoms with E-state index in [9.17, 15) is 0 Å². The lowest BCUT2D eigenvalue weighted by molar-refractivity contribution is 0.275. The second-order valence-electron chi connectivity index (χ2n) is 0.513. The van der Waals surface area contributed by atoms with Crippen molar-refractivity contribution in [1.29, 1.82) is 0 Å². The molecule has 0 amide bonds. The van der Waals surface area contributed by atoms with Crippen LogP contribution >= 0.6 is 7.82 Å². The monoisotopic (exact) mass is 101 g/mol. The summed E-state index contributed by atoms with van der Waals surface area (Å²) < 4.78 is 8.88. The van der Waals surface area contributed by atoms with Gasteiger partial charge in [-0.15, -0.1) is 0 Å². The molecule has 0 unspecified atom stereocenters. The standard InChI is InChI=1S/H3O4P.H2/c1-5(2,3)4;/h(H3,1,2,3,4);1H/i;1+1. The molecule has 5 heavy (non-hydrogen) atoms. The second kappa shape index (κ2) is 1.06. The Labute approximate surface area is 29.8 Å². The first-order chi connectivity index (χ1) is 2.00. The summed E-state index contributed by atoms with van der Waals surface area (Å²) in [5.74, 6) is 0. The fraction of sp³-hybridized carbons (Fsp3) is 0. The summed E-state index contributed by atoms with van der Waals surface area (Å²) in [6.45, 7) is 0. The van der Waals surface area contributed by atoms with E-state index in [0.29, 0.717) is 0 Å². The first-order valence-corrected chi connectivity index (χ1v) is 2.35. The van der Waals surface area contributed by atoms with Gasteiger partial charge >= 0.3 is 7.82 Å². The first kappa shape index (κ1) is 5.11. The van der Waals surface area contributed by atoms with Crippen LogP contribution in [0.5, 0.6) is 0 Å². The smallest absolute Gasteiger partial charge is 0.303 e. The third kappa shape index (κ3) is 1510. The van der Waals surface area contributed by atoms with E-state index in [1.807, 2.05) is 0 Å². The highest BCUT2D eigenvalue weighted by atomic mass is 31.2. The molecule has 0 aromatic carbocycles. The molecule has 0 aromatic rings. The van der Waals surface area contributed by atoms with Crippen LogP contribution in [0.3, 0.4) is 0 Å². The summed E-state index contributed by atoms with van der Waals surface area (Å²) in [4.78, 5) is 21.6. The molecule has 0 saturated carbocycles. The summed E-state index contributed by atoms with van der Waals surface area (Å²) in [5.41, 5.74) is 0. The molecule has 3 N–H and O–H groups in total. The summed E-state index contributed by atoms with van der Waals surface area (Å²) in [6.07, 6.45) is 0. The van der Waals surface area contributed by atoms with Gasteiger partial charge in [0.25, 0.3) is 0 Å². The zero-order chi connectivity index (χ0) is 4.50. The van der Waals surface area contributed by atoms with Gasteiger partial charge in [0.15, 0.2) is 0 Å². The fourth-order valence-corrected chi connectivity index (χ4v) is 0. The van der Waals surface area contributed by atoms with Gasteiger partial charge in [-0.3, -0.25) is 0 Å². The highest BCUT2D eigenvalue weighted by molar-refractivity contribution is 7.45. The van der Waals surface area contributed by atoms with E-state index < -0.39 is 7.82 Å². The lowest BCUT2D eigenvalue weighted by atomic mass is 15.8. The molecule has 0 fully saturated rings. The minimum absolute atomic E-state index is 0. The molecule has 0 rings (SSSR count). The van der Waals surface area contributed by atoms with E-state index in [-0.39, 0.29) is 1.43 Å². The van der Waals surface area contributed by atoms with Gasteiger partial charge in [-0.05, 0) is 0 Å². The van der Waals surface area contributed by atoms with E-state index in [1.165, 1.54) is 0 Å². The lowest BCUT2D eigenvalue weighted by Crippen LogP contribution is -1.66. The van der Waals surface area contributed by atoms with Gasteiger partial charge in [0, 0.05) is 1.43 Å². The molecule has 0 aliphatic heterocycles. The van der Waals surface area contributed by atoms with Gasteiger partial charge in [-0.1, -0.05) is 0 Å². The molecular formula is H5O4P. The number of hydrogen-bond acceptors (Lipinski definition) is 1. The topological polar surface area (TPSA) is 77.8 Å². The Morgan fingerprint density at radius 1 is 1.40 bits per heavy atom. The molecule has 0 aliphatic carbocycles. The zero-order valence-electron chi connectivity index (χ0n) is 2.20. The molecule has 0 aliphatic rings. The predicted molar refractivity (Wildman–Crippen MR) is 16.4 cm³/mol. The average Bonchev–Trinajstić information content (AvgIpc) is 0.722. The SMILES string of the molecule is O=P(O)(O)O.[2HH]. The number of rotatable bonds is 0. The fourth-order valence-electron chi connectivity index (χ4n) is 0. The van der Waals surface area contributed by atoms with Gasteiger partial charge in [0.2, 0.25) is 0 Å². The summed E-state index contributed by atoms with van der Waals surface area (Å²) >= 11 is 0. The van der Waals surface area contributed by atoms with Gasteiger partial charge < -0.3 is 14.7 Å². The van der Waals surface area contributed by atoms with E-state index in [2.05, 4.69) is 0 Å². The maximum Gasteiger partial charge on any atom is 0.466 e. The second-order valence-corrected chi connectivity index (χ2v) is 1.54. The van der Waals surface area contributed by atoms with Crippen molar-refractivity contribution in [2.24, 2.45) is 0 Å². The molecule has 5 heteroatoms. The van der Waals surface area contributed by atoms with Gasteiger partial charge in [-0.2, -0.15) is 0 Å². The van der Waals surface area contributed by atoms with Crippen LogP contribution in [0.25, 0.3) is 0 Å². The molecule has 0 heterocycles. The molecular weight excluding hydrogens is 95.0 g/mol. The Bertz CT molecular complexity index is 53.7. The quantitative estimate of drug-likeness (QED) is 0.353. The van der Waals surface area contributed by atoms with E-state index in [0.717, 1.165) is 0 Å². The van der Waals surface area contributed by atoms with Gasteiger partial charge in [0.1, 0.15) is 0 Å². The molecule has 0 atom stereocenters. The average molecular weight is 101 g/mol. The minimum atomic E-state index is -4.64. The molecule has 0 bridgehead atoms. The molecule has 0 spiro atoms. The number of hydrogen-bond donors (Lipinski definition) is 3. The van der Waals surface area contributed by atoms with Crippen molar-refractivity contribution >= 4 is 7.82 Å². The highest BCUT2D eigenvalue weighted by Crippen LogP contribution is 2.25. The first-order valence-electron chi connectivity index (χ1n) is 0.783. The predicted octanol–water partition coefficient (Wildman–Crippen LogP) is -0.683. The highest BCUT2D eigenvalue weighted by Gasteiger charge is 2.00. The Morgan fingerprint density at radius 2 is 1.40 bits per heavy atom. The summed E-state index contributed by atoms with van der Waals surface area (Å²) in [5, 5.41) is 0. The lowest BCUT2D eigenvalue weighted by Gasteiger charge is -1.82. The molecule has 4 nitrogen and oxygen atoms in total. The van der Waals surface area contributed by atoms with Crippen LogP contribution in [0.1, 0.15) is 1.43 Å². The maximum atomic E-state index is 8.88. The van der Waals surface area contributed by atoms with E-state index >= 15 is 0 Å². The van der Waals surface area contributed by atoms with Crippen LogP contribution in [0.15, 0.2) is 0 Å². The molecule has 0 radical (unpaired) electrons. The molecule has 0 saturated heterocycles. The molecule has 34 valence electrons. The minimum Gasteiger partial charge on any atom is -0.303 e. The normalized spacial score (nSPS) is 11.8. The van der Waals surface area contributed by atoms with Crippen molar-refractivity contribution in [3.05, 3.63) is 0 Å². The molecule has 0 aromatic heterocycles. The Morgan fingerprint density at radius 3 is 1.40 bits per heavy atom. The summed E-state index contributed by atoms with van der Waals surface area (Å²) in [6, 6.07) is 0. The Hall–Kier alpha value is 0.110. The Kier molecular flexibility index (Phi) is 1.09. The van der Waals surface area contributed by atoms with Crippen LogP contribution in [-0.4, -0.2) is 14.7 Å². The van der Waals surface area contributed by atoms with Crippen molar-refractivity contribution < 1.29 is 20.7 Å². The zero-order valence-corrected chi connectivity index (χ0v) is 3.09. The largest absolute Gasteiger partial charge is 0.466 e. The number of phosphoric acid groups is 1. The van der Waals surface area contributed by atoms with Crippen molar-refractivity contribution in [2.75, 3.05) is 0 Å². The van der Waals surface area contributed by atoms with Crippen molar-refractivity contribution in [1.82, 2.24) is 0 Å². The van der Waals surface area contributed by atoms with Gasteiger partial charge in [-0.25, -0.2) is 4.57 Å². The Balaban J connectivity index is 0. The van der Waals surface area contributed by atoms with Crippen LogP contribution in [0.4, 0.5) is 0 Å². The van der Waals surface area contributed by atoms with Crippen LogP contribution < -0.4 is 0 Å². The van der Waals surface area contributed by atoms with Crippen LogP contribution in [-0.2, 0) is 4.57 Å².